The lowest BCUT2D eigenvalue weighted by Gasteiger charge is -2.33. The maximum atomic E-state index is 13.3. The number of ether oxygens (including phenoxy) is 2. The number of carbonyl (C=O) groups excluding carboxylic acids is 3. The number of esters is 2. The van der Waals surface area contributed by atoms with Crippen LogP contribution in [0.15, 0.2) is 36.5 Å². The Balaban J connectivity index is 1.60. The maximum absolute atomic E-state index is 13.3. The molecule has 34 heavy (non-hydrogen) atoms. The zero-order chi connectivity index (χ0) is 24.9. The quantitative estimate of drug-likeness (QED) is 0.633. The number of hydrogen-bond acceptors (Lipinski definition) is 7. The fourth-order valence-electron chi connectivity index (χ4n) is 3.67. The van der Waals surface area contributed by atoms with Crippen molar-refractivity contribution in [2.45, 2.75) is 25.9 Å². The van der Waals surface area contributed by atoms with Crippen molar-refractivity contribution in [3.05, 3.63) is 53.2 Å². The van der Waals surface area contributed by atoms with Crippen LogP contribution in [-0.4, -0.2) is 49.6 Å². The third-order valence-electron chi connectivity index (χ3n) is 5.42. The first-order valence-corrected chi connectivity index (χ1v) is 10.5. The maximum Gasteiger partial charge on any atom is 0.419 e. The number of anilines is 2. The van der Waals surface area contributed by atoms with Crippen molar-refractivity contribution in [2.75, 3.05) is 37.0 Å². The number of pyridine rings is 1. The fourth-order valence-corrected chi connectivity index (χ4v) is 3.67. The minimum absolute atomic E-state index is 0.000822. The molecule has 182 valence electrons. The van der Waals surface area contributed by atoms with E-state index in [1.807, 2.05) is 0 Å². The number of benzene rings is 1. The Hall–Kier alpha value is -3.63. The highest BCUT2D eigenvalue weighted by atomic mass is 19.4. The van der Waals surface area contributed by atoms with Crippen LogP contribution >= 0.6 is 0 Å². The topological polar surface area (TPSA) is 97.8 Å². The van der Waals surface area contributed by atoms with Gasteiger partial charge in [-0.3, -0.25) is 9.59 Å². The number of nitrogens with one attached hydrogen (secondary N) is 1. The largest absolute Gasteiger partial charge is 0.465 e. The fraction of sp³-hybridized carbons (Fsp3) is 0.391. The number of carbonyl (C=O) groups is 3. The molecule has 1 saturated heterocycles. The minimum atomic E-state index is -4.57. The van der Waals surface area contributed by atoms with E-state index >= 15 is 0 Å². The standard InChI is InChI=1S/C23H24F3N3O5/c1-14-7-8-15(21(31)33-2)11-18(14)28-19(30)13-34-22(32)16-5-4-10-29(12-16)20-17(23(24,25)26)6-3-9-27-20/h3,6-9,11,16H,4-5,10,12-13H2,1-2H3,(H,28,30). The molecule has 1 unspecified atom stereocenters. The molecule has 0 bridgehead atoms. The number of piperidine rings is 1. The van der Waals surface area contributed by atoms with Gasteiger partial charge < -0.3 is 19.7 Å². The Morgan fingerprint density at radius 1 is 1.24 bits per heavy atom. The zero-order valence-corrected chi connectivity index (χ0v) is 18.6. The van der Waals surface area contributed by atoms with Gasteiger partial charge in [0, 0.05) is 25.0 Å². The molecule has 8 nitrogen and oxygen atoms in total. The molecule has 1 amide bonds. The smallest absolute Gasteiger partial charge is 0.419 e. The lowest BCUT2D eigenvalue weighted by molar-refractivity contribution is -0.151. The van der Waals surface area contributed by atoms with E-state index in [0.717, 1.165) is 6.07 Å². The predicted octanol–water partition coefficient (Wildman–Crippen LogP) is 3.59. The number of aryl methyl sites for hydroxylation is 1. The molecule has 1 N–H and O–H groups in total. The molecule has 2 aromatic rings. The number of amides is 1. The van der Waals surface area contributed by atoms with Crippen LogP contribution in [0.1, 0.15) is 34.3 Å². The van der Waals surface area contributed by atoms with Crippen LogP contribution in [0.3, 0.4) is 0 Å². The summed E-state index contributed by atoms with van der Waals surface area (Å²) in [6, 6.07) is 6.80. The van der Waals surface area contributed by atoms with Gasteiger partial charge in [-0.15, -0.1) is 0 Å². The second-order valence-corrected chi connectivity index (χ2v) is 7.83. The predicted molar refractivity (Wildman–Crippen MR) is 116 cm³/mol. The molecule has 0 aliphatic carbocycles. The van der Waals surface area contributed by atoms with Crippen LogP contribution in [0.2, 0.25) is 0 Å². The van der Waals surface area contributed by atoms with E-state index in [1.165, 1.54) is 30.3 Å². The Morgan fingerprint density at radius 3 is 2.71 bits per heavy atom. The molecule has 2 heterocycles. The molecule has 1 aliphatic rings. The van der Waals surface area contributed by atoms with Crippen LogP contribution in [0.5, 0.6) is 0 Å². The van der Waals surface area contributed by atoms with Gasteiger partial charge in [-0.05, 0) is 49.6 Å². The summed E-state index contributed by atoms with van der Waals surface area (Å²) in [5.41, 5.74) is 0.428. The van der Waals surface area contributed by atoms with E-state index in [2.05, 4.69) is 15.0 Å². The monoisotopic (exact) mass is 479 g/mol. The minimum Gasteiger partial charge on any atom is -0.465 e. The van der Waals surface area contributed by atoms with Gasteiger partial charge in [0.05, 0.1) is 24.2 Å². The molecule has 1 atom stereocenters. The Bertz CT molecular complexity index is 1070. The number of aromatic nitrogens is 1. The molecule has 1 aromatic carbocycles. The number of rotatable bonds is 6. The summed E-state index contributed by atoms with van der Waals surface area (Å²) in [5, 5.41) is 2.58. The highest BCUT2D eigenvalue weighted by Gasteiger charge is 2.37. The van der Waals surface area contributed by atoms with Crippen LogP contribution in [0.25, 0.3) is 0 Å². The van der Waals surface area contributed by atoms with Crippen LogP contribution in [0, 0.1) is 12.8 Å². The summed E-state index contributed by atoms with van der Waals surface area (Å²) in [7, 11) is 1.24. The SMILES string of the molecule is COC(=O)c1ccc(C)c(NC(=O)COC(=O)C2CCCN(c3ncccc3C(F)(F)F)C2)c1. The summed E-state index contributed by atoms with van der Waals surface area (Å²) in [6.45, 7) is 1.47. The number of halogens is 3. The van der Waals surface area contributed by atoms with Crippen molar-refractivity contribution >= 4 is 29.4 Å². The van der Waals surface area contributed by atoms with E-state index in [0.29, 0.717) is 30.6 Å². The lowest BCUT2D eigenvalue weighted by Crippen LogP contribution is -2.41. The van der Waals surface area contributed by atoms with Crippen molar-refractivity contribution in [3.63, 3.8) is 0 Å². The summed E-state index contributed by atoms with van der Waals surface area (Å²) in [5.74, 6) is -2.79. The first-order chi connectivity index (χ1) is 16.1. The van der Waals surface area contributed by atoms with E-state index in [-0.39, 0.29) is 17.9 Å². The van der Waals surface area contributed by atoms with Gasteiger partial charge in [0.2, 0.25) is 0 Å². The van der Waals surface area contributed by atoms with Crippen molar-refractivity contribution in [2.24, 2.45) is 5.92 Å². The Morgan fingerprint density at radius 2 is 2.00 bits per heavy atom. The first-order valence-electron chi connectivity index (χ1n) is 10.5. The van der Waals surface area contributed by atoms with Crippen molar-refractivity contribution in [3.8, 4) is 0 Å². The molecule has 1 aliphatic heterocycles. The van der Waals surface area contributed by atoms with Crippen LogP contribution in [-0.2, 0) is 25.2 Å². The summed E-state index contributed by atoms with van der Waals surface area (Å²) >= 11 is 0. The van der Waals surface area contributed by atoms with Gasteiger partial charge >= 0.3 is 18.1 Å². The summed E-state index contributed by atoms with van der Waals surface area (Å²) in [4.78, 5) is 41.8. The molecule has 11 heteroatoms. The highest BCUT2D eigenvalue weighted by Crippen LogP contribution is 2.36. The first kappa shape index (κ1) is 25.0. The normalized spacial score (nSPS) is 16.0. The number of nitrogens with zero attached hydrogens (tertiary/aromatic N) is 2. The van der Waals surface area contributed by atoms with Crippen LogP contribution < -0.4 is 10.2 Å². The average molecular weight is 479 g/mol. The zero-order valence-electron chi connectivity index (χ0n) is 18.6. The molecular weight excluding hydrogens is 455 g/mol. The van der Waals surface area contributed by atoms with Crippen molar-refractivity contribution < 1.29 is 37.0 Å². The van der Waals surface area contributed by atoms with E-state index in [9.17, 15) is 27.6 Å². The second kappa shape index (κ2) is 10.5. The van der Waals surface area contributed by atoms with Crippen molar-refractivity contribution in [1.82, 2.24) is 4.98 Å². The number of alkyl halides is 3. The van der Waals surface area contributed by atoms with Gasteiger partial charge in [-0.25, -0.2) is 9.78 Å². The van der Waals surface area contributed by atoms with Gasteiger partial charge in [0.1, 0.15) is 5.82 Å². The highest BCUT2D eigenvalue weighted by molar-refractivity contribution is 5.96. The third kappa shape index (κ3) is 6.03. The molecule has 3 rings (SSSR count). The molecule has 0 radical (unpaired) electrons. The van der Waals surface area contributed by atoms with Gasteiger partial charge in [-0.1, -0.05) is 6.07 Å². The van der Waals surface area contributed by atoms with E-state index in [1.54, 1.807) is 19.1 Å². The van der Waals surface area contributed by atoms with E-state index in [4.69, 9.17) is 4.74 Å². The molecule has 1 aromatic heterocycles. The summed E-state index contributed by atoms with van der Waals surface area (Å²) < 4.78 is 49.8. The lowest BCUT2D eigenvalue weighted by atomic mass is 9.98. The number of hydrogen-bond donors (Lipinski definition) is 1. The van der Waals surface area contributed by atoms with Crippen LogP contribution in [0.4, 0.5) is 24.7 Å². The van der Waals surface area contributed by atoms with Gasteiger partial charge in [-0.2, -0.15) is 13.2 Å². The molecular formula is C23H24F3N3O5. The molecule has 1 fully saturated rings. The van der Waals surface area contributed by atoms with Gasteiger partial charge in [0.15, 0.2) is 6.61 Å². The van der Waals surface area contributed by atoms with Gasteiger partial charge in [0.25, 0.3) is 5.91 Å². The number of methoxy groups -OCH3 is 1. The average Bonchev–Trinajstić information content (AvgIpc) is 2.83. The second-order valence-electron chi connectivity index (χ2n) is 7.83. The molecule has 0 spiro atoms. The molecule has 0 saturated carbocycles. The Kier molecular flexibility index (Phi) is 7.75. The Labute approximate surface area is 194 Å². The third-order valence-corrected chi connectivity index (χ3v) is 5.42. The van der Waals surface area contributed by atoms with Crippen molar-refractivity contribution in [1.29, 1.82) is 0 Å². The summed E-state index contributed by atoms with van der Waals surface area (Å²) in [6.07, 6.45) is -2.41. The van der Waals surface area contributed by atoms with E-state index < -0.39 is 42.1 Å².